The number of rotatable bonds is 7. The van der Waals surface area contributed by atoms with E-state index in [-0.39, 0.29) is 24.3 Å². The quantitative estimate of drug-likeness (QED) is 0.538. The molecule has 130 valence electrons. The topological polar surface area (TPSA) is 97.8 Å². The number of esters is 1. The Labute approximate surface area is 140 Å². The van der Waals surface area contributed by atoms with Crippen molar-refractivity contribution in [1.82, 2.24) is 4.31 Å². The highest BCUT2D eigenvalue weighted by Gasteiger charge is 2.44. The molecule has 1 heterocycles. The Kier molecular flexibility index (Phi) is 5.71. The smallest absolute Gasteiger partial charge is 0.305 e. The molecule has 1 aliphatic heterocycles. The fourth-order valence-corrected chi connectivity index (χ4v) is 3.95. The van der Waals surface area contributed by atoms with Gasteiger partial charge in [0.1, 0.15) is 0 Å². The lowest BCUT2D eigenvalue weighted by Crippen LogP contribution is -2.33. The molecule has 1 aromatic rings. The molecule has 0 aliphatic carbocycles. The number of sulfonamides is 1. The second-order valence-corrected chi connectivity index (χ2v) is 7.24. The van der Waals surface area contributed by atoms with Crippen LogP contribution in [0.1, 0.15) is 26.2 Å². The van der Waals surface area contributed by atoms with E-state index >= 15 is 0 Å². The van der Waals surface area contributed by atoms with Gasteiger partial charge in [-0.1, -0.05) is 18.2 Å². The maximum Gasteiger partial charge on any atom is 0.305 e. The molecule has 0 bridgehead atoms. The molecule has 1 unspecified atom stereocenters. The third kappa shape index (κ3) is 3.81. The minimum atomic E-state index is -4.03. The molecule has 8 heteroatoms. The summed E-state index contributed by atoms with van der Waals surface area (Å²) in [5.74, 6) is -2.59. The number of nitrogens with zero attached hydrogens (tertiary/aromatic N) is 1. The highest BCUT2D eigenvalue weighted by Crippen LogP contribution is 2.26. The lowest BCUT2D eigenvalue weighted by molar-refractivity contribution is -0.143. The molecular formula is C16H19NO6S. The van der Waals surface area contributed by atoms with Crippen LogP contribution in [0.2, 0.25) is 0 Å². The van der Waals surface area contributed by atoms with E-state index in [1.54, 1.807) is 25.1 Å². The van der Waals surface area contributed by atoms with Crippen molar-refractivity contribution in [3.8, 4) is 0 Å². The Morgan fingerprint density at radius 1 is 1.25 bits per heavy atom. The van der Waals surface area contributed by atoms with Gasteiger partial charge in [-0.25, -0.2) is 12.7 Å². The zero-order chi connectivity index (χ0) is 17.7. The van der Waals surface area contributed by atoms with Crippen molar-refractivity contribution >= 4 is 27.7 Å². The molecule has 2 rings (SSSR count). The van der Waals surface area contributed by atoms with Crippen molar-refractivity contribution in [1.29, 1.82) is 0 Å². The summed E-state index contributed by atoms with van der Waals surface area (Å²) in [7, 11) is -4.03. The van der Waals surface area contributed by atoms with Crippen molar-refractivity contribution in [2.75, 3.05) is 13.2 Å². The predicted octanol–water partition coefficient (Wildman–Crippen LogP) is 1.14. The SMILES string of the molecule is CCOC(=O)CCCC1C(=O)CN(S(=O)(=O)c2ccccc2)C1=O. The van der Waals surface area contributed by atoms with Crippen LogP contribution in [0.15, 0.2) is 35.2 Å². The maximum absolute atomic E-state index is 12.5. The Hall–Kier alpha value is -2.22. The second kappa shape index (κ2) is 7.57. The normalized spacial score (nSPS) is 18.0. The van der Waals surface area contributed by atoms with Crippen LogP contribution in [-0.4, -0.2) is 43.5 Å². The molecule has 0 saturated carbocycles. The summed E-state index contributed by atoms with van der Waals surface area (Å²) in [6.07, 6.45) is 0.522. The largest absolute Gasteiger partial charge is 0.466 e. The van der Waals surface area contributed by atoms with Crippen molar-refractivity contribution < 1.29 is 27.5 Å². The summed E-state index contributed by atoms with van der Waals surface area (Å²) < 4.78 is 30.4. The molecule has 0 radical (unpaired) electrons. The lowest BCUT2D eigenvalue weighted by atomic mass is 10.00. The van der Waals surface area contributed by atoms with E-state index in [0.29, 0.717) is 10.7 Å². The Bertz CT molecular complexity index is 728. The van der Waals surface area contributed by atoms with E-state index in [9.17, 15) is 22.8 Å². The summed E-state index contributed by atoms with van der Waals surface area (Å²) in [5.41, 5.74) is 0. The van der Waals surface area contributed by atoms with Gasteiger partial charge in [0.15, 0.2) is 5.78 Å². The number of amides is 1. The van der Waals surface area contributed by atoms with Crippen molar-refractivity contribution in [3.63, 3.8) is 0 Å². The Morgan fingerprint density at radius 3 is 2.54 bits per heavy atom. The van der Waals surface area contributed by atoms with E-state index in [1.807, 2.05) is 0 Å². The highest BCUT2D eigenvalue weighted by molar-refractivity contribution is 7.89. The average Bonchev–Trinajstić information content (AvgIpc) is 2.84. The number of carbonyl (C=O) groups is 3. The van der Waals surface area contributed by atoms with Crippen LogP contribution in [0.25, 0.3) is 0 Å². The van der Waals surface area contributed by atoms with E-state index in [0.717, 1.165) is 0 Å². The molecule has 1 fully saturated rings. The monoisotopic (exact) mass is 353 g/mol. The van der Waals surface area contributed by atoms with Crippen LogP contribution in [-0.2, 0) is 29.1 Å². The van der Waals surface area contributed by atoms with Gasteiger partial charge in [-0.15, -0.1) is 0 Å². The lowest BCUT2D eigenvalue weighted by Gasteiger charge is -2.16. The molecule has 1 aromatic carbocycles. The summed E-state index contributed by atoms with van der Waals surface area (Å²) in [6.45, 7) is 1.50. The first-order valence-electron chi connectivity index (χ1n) is 7.68. The number of ether oxygens (including phenoxy) is 1. The summed E-state index contributed by atoms with van der Waals surface area (Å²) in [6, 6.07) is 7.51. The van der Waals surface area contributed by atoms with E-state index in [1.165, 1.54) is 12.1 Å². The highest BCUT2D eigenvalue weighted by atomic mass is 32.2. The summed E-state index contributed by atoms with van der Waals surface area (Å²) >= 11 is 0. The van der Waals surface area contributed by atoms with Crippen LogP contribution in [0, 0.1) is 5.92 Å². The number of Topliss-reactive ketones (excluding diaryl/α,β-unsaturated/α-hetero) is 1. The number of ketones is 1. The van der Waals surface area contributed by atoms with Gasteiger partial charge in [-0.3, -0.25) is 14.4 Å². The van der Waals surface area contributed by atoms with Gasteiger partial charge in [0, 0.05) is 6.42 Å². The zero-order valence-corrected chi connectivity index (χ0v) is 14.1. The van der Waals surface area contributed by atoms with Gasteiger partial charge in [0.05, 0.1) is 24.0 Å². The molecule has 7 nitrogen and oxygen atoms in total. The molecule has 1 aliphatic rings. The number of carbonyl (C=O) groups excluding carboxylic acids is 3. The minimum Gasteiger partial charge on any atom is -0.466 e. The first-order valence-corrected chi connectivity index (χ1v) is 9.12. The fourth-order valence-electron chi connectivity index (χ4n) is 2.53. The minimum absolute atomic E-state index is 0.0293. The molecule has 1 saturated heterocycles. The predicted molar refractivity (Wildman–Crippen MR) is 84.3 cm³/mol. The molecular weight excluding hydrogens is 334 g/mol. The number of hydrogen-bond donors (Lipinski definition) is 0. The van der Waals surface area contributed by atoms with Crippen LogP contribution in [0.4, 0.5) is 0 Å². The molecule has 24 heavy (non-hydrogen) atoms. The molecule has 1 amide bonds. The van der Waals surface area contributed by atoms with Crippen LogP contribution in [0.5, 0.6) is 0 Å². The Balaban J connectivity index is 2.05. The number of benzene rings is 1. The van der Waals surface area contributed by atoms with Gasteiger partial charge in [-0.05, 0) is 31.9 Å². The third-order valence-electron chi connectivity index (χ3n) is 3.74. The van der Waals surface area contributed by atoms with Crippen LogP contribution in [0.3, 0.4) is 0 Å². The standard InChI is InChI=1S/C16H19NO6S/c1-2-23-15(19)10-6-9-13-14(18)11-17(16(13)20)24(21,22)12-7-4-3-5-8-12/h3-5,7-8,13H,2,6,9-11H2,1H3. The summed E-state index contributed by atoms with van der Waals surface area (Å²) in [5, 5.41) is 0. The van der Waals surface area contributed by atoms with Gasteiger partial charge in [0.25, 0.3) is 10.0 Å². The van der Waals surface area contributed by atoms with Gasteiger partial charge >= 0.3 is 5.97 Å². The fraction of sp³-hybridized carbons (Fsp3) is 0.438. The second-order valence-electron chi connectivity index (χ2n) is 5.38. The van der Waals surface area contributed by atoms with E-state index < -0.39 is 40.1 Å². The van der Waals surface area contributed by atoms with Crippen molar-refractivity contribution in [3.05, 3.63) is 30.3 Å². The third-order valence-corrected chi connectivity index (χ3v) is 5.50. The van der Waals surface area contributed by atoms with Crippen LogP contribution < -0.4 is 0 Å². The Morgan fingerprint density at radius 2 is 1.92 bits per heavy atom. The van der Waals surface area contributed by atoms with Crippen molar-refractivity contribution in [2.45, 2.75) is 31.1 Å². The number of hydrogen-bond acceptors (Lipinski definition) is 6. The molecule has 0 spiro atoms. The molecule has 0 aromatic heterocycles. The summed E-state index contributed by atoms with van der Waals surface area (Å²) in [4.78, 5) is 35.6. The van der Waals surface area contributed by atoms with Gasteiger partial charge in [0.2, 0.25) is 5.91 Å². The maximum atomic E-state index is 12.5. The van der Waals surface area contributed by atoms with Crippen LogP contribution >= 0.6 is 0 Å². The van der Waals surface area contributed by atoms with Gasteiger partial charge in [-0.2, -0.15) is 0 Å². The zero-order valence-electron chi connectivity index (χ0n) is 13.3. The average molecular weight is 353 g/mol. The van der Waals surface area contributed by atoms with Gasteiger partial charge < -0.3 is 4.74 Å². The first kappa shape index (κ1) is 18.1. The van der Waals surface area contributed by atoms with E-state index in [2.05, 4.69) is 0 Å². The van der Waals surface area contributed by atoms with E-state index in [4.69, 9.17) is 4.74 Å². The first-order chi connectivity index (χ1) is 11.4. The molecule has 1 atom stereocenters. The van der Waals surface area contributed by atoms with Crippen molar-refractivity contribution in [2.24, 2.45) is 5.92 Å². The molecule has 0 N–H and O–H groups in total.